The summed E-state index contributed by atoms with van der Waals surface area (Å²) < 4.78 is 39.1. The molecule has 0 unspecified atom stereocenters. The first-order valence-corrected chi connectivity index (χ1v) is 6.58. The van der Waals surface area contributed by atoms with Gasteiger partial charge in [-0.3, -0.25) is 0 Å². The van der Waals surface area contributed by atoms with Gasteiger partial charge in [0.05, 0.1) is 6.26 Å². The van der Waals surface area contributed by atoms with E-state index < -0.39 is 12.8 Å². The van der Waals surface area contributed by atoms with E-state index in [1.807, 2.05) is 47.6 Å². The first-order chi connectivity index (χ1) is 8.85. The summed E-state index contributed by atoms with van der Waals surface area (Å²) in [5.41, 5.74) is 0.917. The first-order valence-electron chi connectivity index (χ1n) is 6.20. The third-order valence-electron chi connectivity index (χ3n) is 1.39. The van der Waals surface area contributed by atoms with Gasteiger partial charge < -0.3 is 4.74 Å². The Morgan fingerprint density at radius 3 is 2.00 bits per heavy atom. The van der Waals surface area contributed by atoms with Gasteiger partial charge in [-0.25, -0.2) is 0 Å². The molecule has 0 aliphatic carbocycles. The molecule has 0 saturated carbocycles. The van der Waals surface area contributed by atoms with Crippen LogP contribution in [-0.2, 0) is 4.74 Å². The van der Waals surface area contributed by atoms with E-state index in [1.165, 1.54) is 6.08 Å². The van der Waals surface area contributed by atoms with Crippen molar-refractivity contribution < 1.29 is 17.9 Å². The smallest absolute Gasteiger partial charge is 0.422 e. The van der Waals surface area contributed by atoms with Crippen LogP contribution in [0, 0.1) is 0 Å². The first kappa shape index (κ1) is 23.2. The number of rotatable bonds is 4. The van der Waals surface area contributed by atoms with E-state index in [9.17, 15) is 13.2 Å². The van der Waals surface area contributed by atoms with Crippen LogP contribution in [-0.4, -0.2) is 12.8 Å². The minimum atomic E-state index is -4.32. The Morgan fingerprint density at radius 2 is 1.63 bits per heavy atom. The summed E-state index contributed by atoms with van der Waals surface area (Å²) in [4.78, 5) is 0. The number of allylic oxidation sites excluding steroid dienone is 5. The molecule has 114 valence electrons. The molecule has 0 rings (SSSR count). The zero-order chi connectivity index (χ0) is 15.9. The molecule has 0 N–H and O–H groups in total. The summed E-state index contributed by atoms with van der Waals surface area (Å²) in [5, 5.41) is 0.313. The van der Waals surface area contributed by atoms with E-state index in [2.05, 4.69) is 4.74 Å². The lowest BCUT2D eigenvalue weighted by Crippen LogP contribution is -2.14. The molecule has 0 bridgehead atoms. The van der Waals surface area contributed by atoms with Gasteiger partial charge >= 0.3 is 6.18 Å². The second kappa shape index (κ2) is 15.2. The Bertz CT molecular complexity index is 279. The van der Waals surface area contributed by atoms with Crippen molar-refractivity contribution in [3.05, 3.63) is 35.1 Å². The minimum Gasteiger partial charge on any atom is -0.492 e. The predicted molar refractivity (Wildman–Crippen MR) is 77.2 cm³/mol. The maximum atomic E-state index is 11.6. The molecule has 0 fully saturated rings. The van der Waals surface area contributed by atoms with E-state index >= 15 is 0 Å². The molecule has 0 heterocycles. The van der Waals surface area contributed by atoms with E-state index in [4.69, 9.17) is 11.6 Å². The third kappa shape index (κ3) is 22.7. The summed E-state index contributed by atoms with van der Waals surface area (Å²) in [6.07, 6.45) is 1.32. The highest BCUT2D eigenvalue weighted by atomic mass is 35.5. The van der Waals surface area contributed by atoms with Crippen LogP contribution >= 0.6 is 11.6 Å². The van der Waals surface area contributed by atoms with Crippen LogP contribution in [0.5, 0.6) is 0 Å². The zero-order valence-corrected chi connectivity index (χ0v) is 13.2. The molecule has 1 nitrogen and oxygen atoms in total. The van der Waals surface area contributed by atoms with Crippen molar-refractivity contribution in [2.24, 2.45) is 0 Å². The summed E-state index contributed by atoms with van der Waals surface area (Å²) in [7, 11) is 0. The van der Waals surface area contributed by atoms with Gasteiger partial charge in [0.25, 0.3) is 0 Å². The lowest BCUT2D eigenvalue weighted by molar-refractivity contribution is -0.161. The molecule has 0 aromatic carbocycles. The number of hydrogen-bond acceptors (Lipinski definition) is 1. The fourth-order valence-corrected chi connectivity index (χ4v) is 0.828. The molecular weight excluding hydrogens is 277 g/mol. The number of ether oxygens (including phenoxy) is 1. The molecule has 0 aromatic heterocycles. The molecule has 0 amide bonds. The highest BCUT2D eigenvalue weighted by Gasteiger charge is 2.27. The molecule has 0 aliphatic rings. The van der Waals surface area contributed by atoms with E-state index in [-0.39, 0.29) is 0 Å². The predicted octanol–water partition coefficient (Wildman–Crippen LogP) is 6.22. The Kier molecular flexibility index (Phi) is 18.5. The number of alkyl halides is 3. The van der Waals surface area contributed by atoms with Gasteiger partial charge in [0, 0.05) is 5.03 Å². The fourth-order valence-electron chi connectivity index (χ4n) is 0.605. The second-order valence-corrected chi connectivity index (χ2v) is 3.23. The van der Waals surface area contributed by atoms with Crippen LogP contribution < -0.4 is 0 Å². The van der Waals surface area contributed by atoms with Crippen LogP contribution in [0.1, 0.15) is 41.5 Å². The van der Waals surface area contributed by atoms with Gasteiger partial charge in [0.1, 0.15) is 0 Å². The van der Waals surface area contributed by atoms with Crippen LogP contribution in [0.4, 0.5) is 13.2 Å². The fraction of sp³-hybridized carbons (Fsp3) is 0.571. The lowest BCUT2D eigenvalue weighted by Gasteiger charge is -2.04. The standard InChI is InChI=1S/C10H12ClF3O.2C2H6/c1-3-8(2)6-9(11)4-5-15-7-10(12,13)14;2*1-2/h3-6H,7H2,1-2H3;2*1-2H3/b5-4+,8-3-,9-6+;;. The topological polar surface area (TPSA) is 9.23 Å². The van der Waals surface area contributed by atoms with Crippen LogP contribution in [0.25, 0.3) is 0 Å². The average Bonchev–Trinajstić information content (AvgIpc) is 2.38. The average molecular weight is 301 g/mol. The maximum Gasteiger partial charge on any atom is 0.422 e. The van der Waals surface area contributed by atoms with Gasteiger partial charge in [-0.05, 0) is 26.0 Å². The molecule has 0 aromatic rings. The quantitative estimate of drug-likeness (QED) is 0.442. The summed E-state index contributed by atoms with van der Waals surface area (Å²) in [6, 6.07) is 0. The Hall–Kier alpha value is -0.900. The van der Waals surface area contributed by atoms with Crippen molar-refractivity contribution in [2.45, 2.75) is 47.7 Å². The lowest BCUT2D eigenvalue weighted by atomic mass is 10.2. The van der Waals surface area contributed by atoms with Crippen LogP contribution in [0.2, 0.25) is 0 Å². The van der Waals surface area contributed by atoms with Crippen LogP contribution in [0.3, 0.4) is 0 Å². The molecule has 0 saturated heterocycles. The van der Waals surface area contributed by atoms with Crippen LogP contribution in [0.15, 0.2) is 35.1 Å². The Labute approximate surface area is 119 Å². The number of halogens is 4. The minimum absolute atomic E-state index is 0.313. The summed E-state index contributed by atoms with van der Waals surface area (Å²) >= 11 is 5.68. The zero-order valence-electron chi connectivity index (χ0n) is 12.4. The normalized spacial score (nSPS) is 12.3. The Balaban J connectivity index is -0.000000579. The van der Waals surface area contributed by atoms with Crippen molar-refractivity contribution in [3.63, 3.8) is 0 Å². The van der Waals surface area contributed by atoms with Gasteiger partial charge in [0.2, 0.25) is 0 Å². The third-order valence-corrected chi connectivity index (χ3v) is 1.63. The van der Waals surface area contributed by atoms with Gasteiger partial charge in [-0.15, -0.1) is 0 Å². The van der Waals surface area contributed by atoms with Crippen molar-refractivity contribution in [2.75, 3.05) is 6.61 Å². The summed E-state index contributed by atoms with van der Waals surface area (Å²) in [5.74, 6) is 0. The molecule has 0 radical (unpaired) electrons. The van der Waals surface area contributed by atoms with Crippen molar-refractivity contribution in [1.82, 2.24) is 0 Å². The maximum absolute atomic E-state index is 11.6. The van der Waals surface area contributed by atoms with Crippen molar-refractivity contribution in [3.8, 4) is 0 Å². The van der Waals surface area contributed by atoms with Gasteiger partial charge in [-0.1, -0.05) is 50.9 Å². The molecule has 19 heavy (non-hydrogen) atoms. The molecule has 5 heteroatoms. The van der Waals surface area contributed by atoms with Crippen molar-refractivity contribution >= 4 is 11.6 Å². The van der Waals surface area contributed by atoms with E-state index in [0.29, 0.717) is 5.03 Å². The molecular formula is C14H24ClF3O. The van der Waals surface area contributed by atoms with E-state index in [0.717, 1.165) is 11.8 Å². The van der Waals surface area contributed by atoms with Crippen molar-refractivity contribution in [1.29, 1.82) is 0 Å². The molecule has 0 atom stereocenters. The van der Waals surface area contributed by atoms with E-state index in [1.54, 1.807) is 6.08 Å². The summed E-state index contributed by atoms with van der Waals surface area (Å²) in [6.45, 7) is 10.4. The highest BCUT2D eigenvalue weighted by Crippen LogP contribution is 2.15. The van der Waals surface area contributed by atoms with Gasteiger partial charge in [0.15, 0.2) is 6.61 Å². The van der Waals surface area contributed by atoms with Gasteiger partial charge in [-0.2, -0.15) is 13.2 Å². The monoisotopic (exact) mass is 300 g/mol. The number of hydrogen-bond donors (Lipinski definition) is 0. The highest BCUT2D eigenvalue weighted by molar-refractivity contribution is 6.31. The molecule has 0 spiro atoms. The SMILES string of the molecule is CC.CC.C\C=C(C)/C=C(Cl)\C=C\OCC(F)(F)F. The molecule has 0 aliphatic heterocycles. The largest absolute Gasteiger partial charge is 0.492 e. The second-order valence-electron chi connectivity index (χ2n) is 2.79. The Morgan fingerprint density at radius 1 is 1.16 bits per heavy atom.